The molecular formula is C10H14N6O2. The van der Waals surface area contributed by atoms with Crippen molar-refractivity contribution >= 4 is 17.5 Å². The summed E-state index contributed by atoms with van der Waals surface area (Å²) in [6, 6.07) is 1.99. The number of nitriles is 1. The lowest BCUT2D eigenvalue weighted by Crippen LogP contribution is -2.21. The quantitative estimate of drug-likeness (QED) is 0.596. The Hall–Kier alpha value is -2.43. The summed E-state index contributed by atoms with van der Waals surface area (Å²) in [4.78, 5) is 19.9. The molecule has 0 unspecified atom stereocenters. The minimum absolute atomic E-state index is 0.169. The predicted molar refractivity (Wildman–Crippen MR) is 66.4 cm³/mol. The van der Waals surface area contributed by atoms with Gasteiger partial charge in [-0.1, -0.05) is 0 Å². The summed E-state index contributed by atoms with van der Waals surface area (Å²) in [5.74, 6) is 0.545. The predicted octanol–water partition coefficient (Wildman–Crippen LogP) is 1.17. The van der Waals surface area contributed by atoms with Gasteiger partial charge in [0.1, 0.15) is 6.20 Å². The minimum Gasteiger partial charge on any atom is -0.354 e. The van der Waals surface area contributed by atoms with Crippen LogP contribution in [0.3, 0.4) is 0 Å². The third-order valence-corrected chi connectivity index (χ3v) is 2.20. The van der Waals surface area contributed by atoms with Crippen molar-refractivity contribution in [2.45, 2.75) is 13.3 Å². The van der Waals surface area contributed by atoms with Crippen molar-refractivity contribution in [2.75, 3.05) is 30.4 Å². The smallest absolute Gasteiger partial charge is 0.329 e. The molecular weight excluding hydrogens is 236 g/mol. The summed E-state index contributed by atoms with van der Waals surface area (Å²) in [7, 11) is 1.66. The average Bonchev–Trinajstić information content (AvgIpc) is 2.36. The van der Waals surface area contributed by atoms with E-state index in [9.17, 15) is 10.1 Å². The molecule has 0 radical (unpaired) electrons. The van der Waals surface area contributed by atoms with E-state index < -0.39 is 4.92 Å². The average molecular weight is 250 g/mol. The third-order valence-electron chi connectivity index (χ3n) is 2.20. The van der Waals surface area contributed by atoms with Crippen LogP contribution in [0, 0.1) is 21.4 Å². The van der Waals surface area contributed by atoms with Crippen LogP contribution in [-0.2, 0) is 0 Å². The largest absolute Gasteiger partial charge is 0.354 e. The van der Waals surface area contributed by atoms with Gasteiger partial charge in [-0.05, 0) is 6.92 Å². The molecule has 0 saturated carbocycles. The summed E-state index contributed by atoms with van der Waals surface area (Å²) in [5, 5.41) is 22.3. The number of nitrogens with one attached hydrogen (secondary N) is 1. The van der Waals surface area contributed by atoms with Crippen molar-refractivity contribution in [3.63, 3.8) is 0 Å². The molecule has 0 aromatic carbocycles. The normalized spacial score (nSPS) is 9.61. The van der Waals surface area contributed by atoms with E-state index in [4.69, 9.17) is 5.26 Å². The summed E-state index contributed by atoms with van der Waals surface area (Å²) in [6.07, 6.45) is 1.44. The molecule has 1 rings (SSSR count). The summed E-state index contributed by atoms with van der Waals surface area (Å²) in [5.41, 5.74) is -0.169. The highest BCUT2D eigenvalue weighted by Gasteiger charge is 2.20. The SMILES string of the molecule is CCNc1ncc([N+](=O)[O-])c(N(C)CCC#N)n1. The van der Waals surface area contributed by atoms with Gasteiger partial charge in [0.15, 0.2) is 0 Å². The van der Waals surface area contributed by atoms with E-state index in [1.807, 2.05) is 13.0 Å². The van der Waals surface area contributed by atoms with Gasteiger partial charge in [-0.2, -0.15) is 10.2 Å². The van der Waals surface area contributed by atoms with Crippen LogP contribution in [0.25, 0.3) is 0 Å². The first-order valence-corrected chi connectivity index (χ1v) is 5.43. The van der Waals surface area contributed by atoms with E-state index in [1.165, 1.54) is 6.20 Å². The van der Waals surface area contributed by atoms with Crippen LogP contribution in [0.1, 0.15) is 13.3 Å². The van der Waals surface area contributed by atoms with Crippen LogP contribution in [0.15, 0.2) is 6.20 Å². The Kier molecular flexibility index (Phi) is 4.80. The van der Waals surface area contributed by atoms with E-state index in [0.717, 1.165) is 0 Å². The Balaban J connectivity index is 3.06. The van der Waals surface area contributed by atoms with Gasteiger partial charge in [0.2, 0.25) is 11.8 Å². The number of hydrogen-bond acceptors (Lipinski definition) is 7. The molecule has 0 spiro atoms. The molecule has 0 atom stereocenters. The van der Waals surface area contributed by atoms with Crippen LogP contribution < -0.4 is 10.2 Å². The number of rotatable bonds is 6. The van der Waals surface area contributed by atoms with E-state index in [1.54, 1.807) is 11.9 Å². The van der Waals surface area contributed by atoms with Gasteiger partial charge in [0.05, 0.1) is 17.4 Å². The lowest BCUT2D eigenvalue weighted by molar-refractivity contribution is -0.384. The van der Waals surface area contributed by atoms with E-state index in [2.05, 4.69) is 15.3 Å². The lowest BCUT2D eigenvalue weighted by Gasteiger charge is -2.16. The monoisotopic (exact) mass is 250 g/mol. The van der Waals surface area contributed by atoms with E-state index in [0.29, 0.717) is 19.0 Å². The number of aromatic nitrogens is 2. The van der Waals surface area contributed by atoms with Crippen molar-refractivity contribution in [1.82, 2.24) is 9.97 Å². The van der Waals surface area contributed by atoms with Crippen molar-refractivity contribution in [2.24, 2.45) is 0 Å². The van der Waals surface area contributed by atoms with Crippen LogP contribution in [0.2, 0.25) is 0 Å². The maximum Gasteiger partial charge on any atom is 0.329 e. The molecule has 1 N–H and O–H groups in total. The van der Waals surface area contributed by atoms with Gasteiger partial charge in [0.25, 0.3) is 0 Å². The highest BCUT2D eigenvalue weighted by molar-refractivity contribution is 5.58. The Morgan fingerprint density at radius 1 is 1.67 bits per heavy atom. The fraction of sp³-hybridized carbons (Fsp3) is 0.500. The molecule has 0 aliphatic heterocycles. The van der Waals surface area contributed by atoms with Gasteiger partial charge in [-0.15, -0.1) is 0 Å². The molecule has 0 aliphatic rings. The first kappa shape index (κ1) is 13.6. The molecule has 18 heavy (non-hydrogen) atoms. The van der Waals surface area contributed by atoms with Gasteiger partial charge in [-0.25, -0.2) is 4.98 Å². The first-order chi connectivity index (χ1) is 8.60. The molecule has 8 nitrogen and oxygen atoms in total. The number of nitro groups is 1. The molecule has 0 aliphatic carbocycles. The van der Waals surface area contributed by atoms with Gasteiger partial charge >= 0.3 is 5.69 Å². The third kappa shape index (κ3) is 3.28. The van der Waals surface area contributed by atoms with Crippen LogP contribution in [-0.4, -0.2) is 35.0 Å². The maximum atomic E-state index is 10.9. The van der Waals surface area contributed by atoms with Crippen molar-refractivity contribution in [3.8, 4) is 6.07 Å². The van der Waals surface area contributed by atoms with E-state index in [-0.39, 0.29) is 17.9 Å². The Morgan fingerprint density at radius 2 is 2.39 bits per heavy atom. The van der Waals surface area contributed by atoms with Crippen molar-refractivity contribution < 1.29 is 4.92 Å². The second-order valence-corrected chi connectivity index (χ2v) is 3.52. The Morgan fingerprint density at radius 3 is 2.94 bits per heavy atom. The molecule has 8 heteroatoms. The molecule has 1 aromatic heterocycles. The molecule has 0 amide bonds. The Labute approximate surface area is 104 Å². The van der Waals surface area contributed by atoms with Gasteiger partial charge in [0, 0.05) is 20.1 Å². The van der Waals surface area contributed by atoms with Crippen molar-refractivity contribution in [3.05, 3.63) is 16.3 Å². The highest BCUT2D eigenvalue weighted by Crippen LogP contribution is 2.25. The zero-order chi connectivity index (χ0) is 13.5. The van der Waals surface area contributed by atoms with Gasteiger partial charge in [-0.3, -0.25) is 10.1 Å². The van der Waals surface area contributed by atoms with E-state index >= 15 is 0 Å². The Bertz CT molecular complexity index is 470. The van der Waals surface area contributed by atoms with Crippen molar-refractivity contribution in [1.29, 1.82) is 5.26 Å². The zero-order valence-electron chi connectivity index (χ0n) is 10.3. The fourth-order valence-corrected chi connectivity index (χ4v) is 1.34. The second-order valence-electron chi connectivity index (χ2n) is 3.52. The molecule has 96 valence electrons. The number of hydrogen-bond donors (Lipinski definition) is 1. The molecule has 0 saturated heterocycles. The second kappa shape index (κ2) is 6.34. The highest BCUT2D eigenvalue weighted by atomic mass is 16.6. The number of anilines is 2. The molecule has 1 aromatic rings. The topological polar surface area (TPSA) is 108 Å². The molecule has 0 bridgehead atoms. The molecule has 1 heterocycles. The van der Waals surface area contributed by atoms with Crippen LogP contribution >= 0.6 is 0 Å². The zero-order valence-corrected chi connectivity index (χ0v) is 10.3. The summed E-state index contributed by atoms with van der Waals surface area (Å²) >= 11 is 0. The van der Waals surface area contributed by atoms with Crippen LogP contribution in [0.5, 0.6) is 0 Å². The van der Waals surface area contributed by atoms with Gasteiger partial charge < -0.3 is 10.2 Å². The molecule has 0 fully saturated rings. The standard InChI is InChI=1S/C10H14N6O2/c1-3-12-10-13-7-8(16(17)18)9(14-10)15(2)6-4-5-11/h7H,3-4,6H2,1-2H3,(H,12,13,14). The summed E-state index contributed by atoms with van der Waals surface area (Å²) in [6.45, 7) is 2.88. The number of nitrogens with zero attached hydrogens (tertiary/aromatic N) is 5. The maximum absolute atomic E-state index is 10.9. The lowest BCUT2D eigenvalue weighted by atomic mass is 10.4. The fourth-order valence-electron chi connectivity index (χ4n) is 1.34. The first-order valence-electron chi connectivity index (χ1n) is 5.43. The minimum atomic E-state index is -0.534. The summed E-state index contributed by atoms with van der Waals surface area (Å²) < 4.78 is 0. The van der Waals surface area contributed by atoms with Crippen LogP contribution in [0.4, 0.5) is 17.5 Å².